The third-order valence-electron chi connectivity index (χ3n) is 3.71. The van der Waals surface area contributed by atoms with Crippen LogP contribution in [0.3, 0.4) is 0 Å². The number of nitrogens with two attached hydrogens (primary N) is 1. The van der Waals surface area contributed by atoms with Gasteiger partial charge >= 0.3 is 0 Å². The molecule has 0 unspecified atom stereocenters. The van der Waals surface area contributed by atoms with E-state index < -0.39 is 0 Å². The van der Waals surface area contributed by atoms with Gasteiger partial charge in [-0.15, -0.1) is 0 Å². The standard InChI is InChI=1S/C16H18N4O/c1-10(21)6-5-9-20-11(2)18-14-15(20)12-7-3-4-8-13(12)19-16(14)17/h3-4,7-8H,5-6,9H2,1-2H3,(H2,17,19). The Kier molecular flexibility index (Phi) is 3.33. The minimum atomic E-state index is 0.211. The molecule has 0 radical (unpaired) electrons. The summed E-state index contributed by atoms with van der Waals surface area (Å²) in [5.74, 6) is 1.57. The number of rotatable bonds is 4. The third-order valence-corrected chi connectivity index (χ3v) is 3.71. The monoisotopic (exact) mass is 282 g/mol. The minimum absolute atomic E-state index is 0.211. The molecular weight excluding hydrogens is 264 g/mol. The quantitative estimate of drug-likeness (QED) is 0.798. The van der Waals surface area contributed by atoms with Gasteiger partial charge in [0.2, 0.25) is 0 Å². The second kappa shape index (κ2) is 5.16. The van der Waals surface area contributed by atoms with Gasteiger partial charge in [0, 0.05) is 18.4 Å². The number of carbonyl (C=O) groups excluding carboxylic acids is 1. The molecule has 0 atom stereocenters. The van der Waals surface area contributed by atoms with Crippen molar-refractivity contribution in [3.05, 3.63) is 30.1 Å². The van der Waals surface area contributed by atoms with Gasteiger partial charge in [-0.2, -0.15) is 0 Å². The van der Waals surface area contributed by atoms with Crippen molar-refractivity contribution in [1.29, 1.82) is 0 Å². The van der Waals surface area contributed by atoms with Crippen LogP contribution in [0.1, 0.15) is 25.6 Å². The van der Waals surface area contributed by atoms with Gasteiger partial charge in [0.25, 0.3) is 0 Å². The number of Topliss-reactive ketones (excluding diaryl/α,β-unsaturated/α-hetero) is 1. The van der Waals surface area contributed by atoms with Gasteiger partial charge in [-0.25, -0.2) is 9.97 Å². The van der Waals surface area contributed by atoms with Crippen LogP contribution in [-0.4, -0.2) is 20.3 Å². The Labute approximate surface area is 122 Å². The van der Waals surface area contributed by atoms with Crippen LogP contribution in [0.4, 0.5) is 5.82 Å². The van der Waals surface area contributed by atoms with Crippen LogP contribution >= 0.6 is 0 Å². The van der Waals surface area contributed by atoms with Crippen molar-refractivity contribution in [3.63, 3.8) is 0 Å². The molecule has 2 heterocycles. The van der Waals surface area contributed by atoms with Crippen LogP contribution in [0, 0.1) is 6.92 Å². The van der Waals surface area contributed by atoms with E-state index in [1.807, 2.05) is 31.2 Å². The average Bonchev–Trinajstić information content (AvgIpc) is 2.77. The number of nitrogens with zero attached hydrogens (tertiary/aromatic N) is 3. The van der Waals surface area contributed by atoms with Gasteiger partial charge in [-0.1, -0.05) is 18.2 Å². The minimum Gasteiger partial charge on any atom is -0.382 e. The van der Waals surface area contributed by atoms with Crippen LogP contribution in [-0.2, 0) is 11.3 Å². The Hall–Kier alpha value is -2.43. The first-order valence-electron chi connectivity index (χ1n) is 7.08. The Morgan fingerprint density at radius 1 is 1.29 bits per heavy atom. The summed E-state index contributed by atoms with van der Waals surface area (Å²) in [6.45, 7) is 4.34. The van der Waals surface area contributed by atoms with E-state index in [1.54, 1.807) is 6.92 Å². The molecule has 0 saturated carbocycles. The molecule has 1 aromatic carbocycles. The predicted molar refractivity (Wildman–Crippen MR) is 84.1 cm³/mol. The zero-order valence-electron chi connectivity index (χ0n) is 12.3. The lowest BCUT2D eigenvalue weighted by Gasteiger charge is -2.08. The average molecular weight is 282 g/mol. The lowest BCUT2D eigenvalue weighted by Crippen LogP contribution is -2.03. The van der Waals surface area contributed by atoms with Gasteiger partial charge in [-0.05, 0) is 26.3 Å². The molecule has 0 aliphatic carbocycles. The predicted octanol–water partition coefficient (Wildman–Crippen LogP) is 2.84. The van der Waals surface area contributed by atoms with Crippen molar-refractivity contribution in [1.82, 2.24) is 14.5 Å². The number of hydrogen-bond acceptors (Lipinski definition) is 4. The molecule has 5 nitrogen and oxygen atoms in total. The van der Waals surface area contributed by atoms with Crippen LogP contribution in [0.2, 0.25) is 0 Å². The number of anilines is 1. The van der Waals surface area contributed by atoms with E-state index in [9.17, 15) is 4.79 Å². The van der Waals surface area contributed by atoms with Gasteiger partial charge in [-0.3, -0.25) is 0 Å². The number of ketones is 1. The fourth-order valence-electron chi connectivity index (χ4n) is 2.73. The second-order valence-corrected chi connectivity index (χ2v) is 5.33. The highest BCUT2D eigenvalue weighted by Crippen LogP contribution is 2.28. The van der Waals surface area contributed by atoms with Crippen LogP contribution in [0.5, 0.6) is 0 Å². The van der Waals surface area contributed by atoms with Gasteiger partial charge in [0.1, 0.15) is 17.1 Å². The Morgan fingerprint density at radius 3 is 2.81 bits per heavy atom. The van der Waals surface area contributed by atoms with E-state index in [4.69, 9.17) is 5.73 Å². The van der Waals surface area contributed by atoms with E-state index >= 15 is 0 Å². The number of aromatic nitrogens is 3. The molecule has 2 aromatic heterocycles. The summed E-state index contributed by atoms with van der Waals surface area (Å²) in [6.07, 6.45) is 1.38. The first-order valence-corrected chi connectivity index (χ1v) is 7.08. The number of para-hydroxylation sites is 1. The molecule has 0 amide bonds. The zero-order valence-corrected chi connectivity index (χ0v) is 12.3. The molecule has 3 aromatic rings. The largest absolute Gasteiger partial charge is 0.382 e. The fourth-order valence-corrected chi connectivity index (χ4v) is 2.73. The molecule has 21 heavy (non-hydrogen) atoms. The maximum absolute atomic E-state index is 11.1. The summed E-state index contributed by atoms with van der Waals surface area (Å²) in [7, 11) is 0. The van der Waals surface area contributed by atoms with E-state index in [0.29, 0.717) is 12.2 Å². The number of benzene rings is 1. The number of fused-ring (bicyclic) bond motifs is 3. The van der Waals surface area contributed by atoms with Crippen molar-refractivity contribution in [3.8, 4) is 0 Å². The molecule has 0 spiro atoms. The highest BCUT2D eigenvalue weighted by molar-refractivity contribution is 6.06. The molecule has 0 saturated heterocycles. The normalized spacial score (nSPS) is 11.3. The number of aryl methyl sites for hydroxylation is 2. The second-order valence-electron chi connectivity index (χ2n) is 5.33. The lowest BCUT2D eigenvalue weighted by atomic mass is 10.2. The van der Waals surface area contributed by atoms with Gasteiger partial charge in [0.15, 0.2) is 5.82 Å². The number of imidazole rings is 1. The van der Waals surface area contributed by atoms with Crippen molar-refractivity contribution >= 4 is 33.5 Å². The zero-order chi connectivity index (χ0) is 15.0. The number of nitrogen functional groups attached to an aromatic ring is 1. The summed E-state index contributed by atoms with van der Waals surface area (Å²) in [4.78, 5) is 20.1. The number of carbonyl (C=O) groups is 1. The van der Waals surface area contributed by atoms with Crippen molar-refractivity contribution < 1.29 is 4.79 Å². The summed E-state index contributed by atoms with van der Waals surface area (Å²) < 4.78 is 2.14. The molecule has 2 N–H and O–H groups in total. The molecule has 5 heteroatoms. The molecule has 0 bridgehead atoms. The highest BCUT2D eigenvalue weighted by atomic mass is 16.1. The fraction of sp³-hybridized carbons (Fsp3) is 0.312. The summed E-state index contributed by atoms with van der Waals surface area (Å²) in [5.41, 5.74) is 8.67. The van der Waals surface area contributed by atoms with Gasteiger partial charge in [0.05, 0.1) is 11.0 Å². The number of hydrogen-bond donors (Lipinski definition) is 1. The van der Waals surface area contributed by atoms with E-state index in [2.05, 4.69) is 14.5 Å². The summed E-state index contributed by atoms with van der Waals surface area (Å²) >= 11 is 0. The van der Waals surface area contributed by atoms with E-state index in [0.717, 1.165) is 40.7 Å². The SMILES string of the molecule is CC(=O)CCCn1c(C)nc2c(N)nc3ccccc3c21. The van der Waals surface area contributed by atoms with Crippen LogP contribution in [0.15, 0.2) is 24.3 Å². The maximum atomic E-state index is 11.1. The summed E-state index contributed by atoms with van der Waals surface area (Å²) in [5, 5.41) is 1.05. The molecule has 0 fully saturated rings. The van der Waals surface area contributed by atoms with Crippen molar-refractivity contribution in [2.24, 2.45) is 0 Å². The Bertz CT molecular complexity index is 835. The summed E-state index contributed by atoms with van der Waals surface area (Å²) in [6, 6.07) is 7.92. The number of pyridine rings is 1. The lowest BCUT2D eigenvalue weighted by molar-refractivity contribution is -0.117. The first-order chi connectivity index (χ1) is 10.1. The highest BCUT2D eigenvalue weighted by Gasteiger charge is 2.14. The van der Waals surface area contributed by atoms with Crippen LogP contribution in [0.25, 0.3) is 21.9 Å². The van der Waals surface area contributed by atoms with Crippen molar-refractivity contribution in [2.75, 3.05) is 5.73 Å². The molecular formula is C16H18N4O. The smallest absolute Gasteiger partial charge is 0.152 e. The molecule has 108 valence electrons. The molecule has 0 aliphatic heterocycles. The molecule has 0 aliphatic rings. The molecule has 3 rings (SSSR count). The maximum Gasteiger partial charge on any atom is 0.152 e. The Balaban J connectivity index is 2.18. The topological polar surface area (TPSA) is 73.8 Å². The van der Waals surface area contributed by atoms with E-state index in [1.165, 1.54) is 0 Å². The van der Waals surface area contributed by atoms with E-state index in [-0.39, 0.29) is 5.78 Å². The van der Waals surface area contributed by atoms with Crippen LogP contribution < -0.4 is 5.73 Å². The first kappa shape index (κ1) is 13.5. The third kappa shape index (κ3) is 2.35. The van der Waals surface area contributed by atoms with Gasteiger partial charge < -0.3 is 15.1 Å². The Morgan fingerprint density at radius 2 is 2.05 bits per heavy atom. The van der Waals surface area contributed by atoms with Crippen molar-refractivity contribution in [2.45, 2.75) is 33.2 Å².